The molecular formula is C30H36N6O10. The SMILES string of the molecule is CCN1CCN(C(=O)Nc2cc(N(C)C)c3c(c2O)C(=O)C2=C(O)[C@]4(O)C(=O)C(C(N)=O)=C(O)[C@@H](N(C)C)C4CC2C3)C(=O)C1=O. The van der Waals surface area contributed by atoms with Crippen molar-refractivity contribution in [2.45, 2.75) is 31.4 Å². The van der Waals surface area contributed by atoms with Crippen LogP contribution >= 0.6 is 0 Å². The van der Waals surface area contributed by atoms with E-state index in [1.54, 1.807) is 40.0 Å². The zero-order valence-corrected chi connectivity index (χ0v) is 25.9. The van der Waals surface area contributed by atoms with Crippen LogP contribution in [0.5, 0.6) is 5.75 Å². The minimum atomic E-state index is -2.80. The first-order valence-corrected chi connectivity index (χ1v) is 14.6. The maximum absolute atomic E-state index is 14.2. The molecule has 1 aliphatic heterocycles. The highest BCUT2D eigenvalue weighted by Crippen LogP contribution is 2.54. The number of aromatic hydroxyl groups is 1. The van der Waals surface area contributed by atoms with Gasteiger partial charge in [0.15, 0.2) is 17.1 Å². The summed E-state index contributed by atoms with van der Waals surface area (Å²) in [6, 6.07) is -0.735. The van der Waals surface area contributed by atoms with E-state index in [-0.39, 0.29) is 49.3 Å². The number of imide groups is 1. The lowest BCUT2D eigenvalue weighted by Gasteiger charge is -2.50. The molecular weight excluding hydrogens is 604 g/mol. The zero-order chi connectivity index (χ0) is 34.2. The molecule has 1 heterocycles. The van der Waals surface area contributed by atoms with E-state index in [1.807, 2.05) is 0 Å². The van der Waals surface area contributed by atoms with Crippen LogP contribution in [-0.2, 0) is 25.6 Å². The fourth-order valence-electron chi connectivity index (χ4n) is 7.15. The van der Waals surface area contributed by atoms with Gasteiger partial charge in [0.25, 0.3) is 5.91 Å². The van der Waals surface area contributed by atoms with E-state index in [1.165, 1.54) is 15.9 Å². The van der Waals surface area contributed by atoms with Gasteiger partial charge in [0.2, 0.25) is 5.78 Å². The first-order chi connectivity index (χ1) is 21.5. The van der Waals surface area contributed by atoms with E-state index in [0.717, 1.165) is 0 Å². The first kappa shape index (κ1) is 32.4. The molecule has 5 amide bonds. The van der Waals surface area contributed by atoms with Crippen LogP contribution in [0.1, 0.15) is 29.3 Å². The number of nitrogens with two attached hydrogens (primary N) is 1. The normalized spacial score (nSPS) is 26.3. The number of phenols is 1. The monoisotopic (exact) mass is 640 g/mol. The second kappa shape index (κ2) is 11.1. The average Bonchev–Trinajstić information content (AvgIpc) is 2.97. The summed E-state index contributed by atoms with van der Waals surface area (Å²) in [5.41, 5.74) is 1.46. The number of allylic oxidation sites excluding steroid dienone is 1. The lowest BCUT2D eigenvalue weighted by atomic mass is 9.58. The summed E-state index contributed by atoms with van der Waals surface area (Å²) < 4.78 is 0. The number of urea groups is 1. The Labute approximate surface area is 263 Å². The number of fused-ring (bicyclic) bond motifs is 3. The number of aliphatic hydroxyl groups excluding tert-OH is 2. The molecule has 1 saturated heterocycles. The van der Waals surface area contributed by atoms with Gasteiger partial charge in [0, 0.05) is 50.9 Å². The van der Waals surface area contributed by atoms with Crippen molar-refractivity contribution in [3.8, 4) is 5.75 Å². The molecule has 4 aliphatic rings. The second-order valence-corrected chi connectivity index (χ2v) is 12.3. The number of aliphatic hydroxyl groups is 3. The number of benzene rings is 1. The summed E-state index contributed by atoms with van der Waals surface area (Å²) in [7, 11) is 6.40. The third kappa shape index (κ3) is 4.50. The van der Waals surface area contributed by atoms with Crippen LogP contribution in [0.2, 0.25) is 0 Å². The number of likely N-dealkylation sites (N-methyl/N-ethyl adjacent to an activating group) is 2. The van der Waals surface area contributed by atoms with Gasteiger partial charge in [-0.05, 0) is 51.4 Å². The number of hydrogen-bond acceptors (Lipinski definition) is 12. The van der Waals surface area contributed by atoms with Gasteiger partial charge >= 0.3 is 17.8 Å². The number of piperazine rings is 1. The molecule has 16 heteroatoms. The first-order valence-electron chi connectivity index (χ1n) is 14.6. The molecule has 246 valence electrons. The zero-order valence-electron chi connectivity index (χ0n) is 25.9. The fraction of sp³-hybridized carbons (Fsp3) is 0.467. The number of nitrogens with one attached hydrogen (secondary N) is 1. The van der Waals surface area contributed by atoms with E-state index < -0.39 is 81.6 Å². The number of phenolic OH excluding ortho intramolecular Hbond substituents is 1. The van der Waals surface area contributed by atoms with Crippen LogP contribution in [0.25, 0.3) is 0 Å². The maximum atomic E-state index is 14.2. The van der Waals surface area contributed by atoms with Crippen molar-refractivity contribution in [2.75, 3.05) is 58.0 Å². The lowest BCUT2D eigenvalue weighted by molar-refractivity contribution is -0.153. The van der Waals surface area contributed by atoms with Gasteiger partial charge in [-0.2, -0.15) is 0 Å². The van der Waals surface area contributed by atoms with Crippen LogP contribution in [0, 0.1) is 11.8 Å². The topological polar surface area (TPSA) is 234 Å². The Morgan fingerprint density at radius 3 is 2.28 bits per heavy atom. The molecule has 0 saturated carbocycles. The predicted octanol–water partition coefficient (Wildman–Crippen LogP) is -0.591. The predicted molar refractivity (Wildman–Crippen MR) is 161 cm³/mol. The molecule has 0 radical (unpaired) electrons. The van der Waals surface area contributed by atoms with Crippen molar-refractivity contribution in [3.63, 3.8) is 0 Å². The highest BCUT2D eigenvalue weighted by molar-refractivity contribution is 6.38. The number of primary amides is 1. The number of ketones is 2. The molecule has 5 rings (SSSR count). The summed E-state index contributed by atoms with van der Waals surface area (Å²) in [6.07, 6.45) is -0.0481. The Morgan fingerprint density at radius 2 is 1.72 bits per heavy atom. The molecule has 4 atom stereocenters. The number of carbonyl (C=O) groups is 6. The molecule has 1 aromatic carbocycles. The number of anilines is 2. The highest BCUT2D eigenvalue weighted by atomic mass is 16.3. The minimum absolute atomic E-state index is 0.0375. The number of carbonyl (C=O) groups excluding carboxylic acids is 6. The van der Waals surface area contributed by atoms with Gasteiger partial charge in [0.1, 0.15) is 17.1 Å². The molecule has 1 aromatic rings. The smallest absolute Gasteiger partial charge is 0.329 e. The third-order valence-electron chi connectivity index (χ3n) is 9.36. The molecule has 3 aliphatic carbocycles. The van der Waals surface area contributed by atoms with Crippen LogP contribution in [0.4, 0.5) is 16.2 Å². The van der Waals surface area contributed by atoms with E-state index in [9.17, 15) is 49.2 Å². The van der Waals surface area contributed by atoms with Crippen molar-refractivity contribution < 1.29 is 49.2 Å². The van der Waals surface area contributed by atoms with Gasteiger partial charge < -0.3 is 41.3 Å². The van der Waals surface area contributed by atoms with Crippen LogP contribution in [0.3, 0.4) is 0 Å². The fourth-order valence-corrected chi connectivity index (χ4v) is 7.15. The molecule has 7 N–H and O–H groups in total. The van der Waals surface area contributed by atoms with Crippen molar-refractivity contribution in [3.05, 3.63) is 39.9 Å². The molecule has 0 spiro atoms. The number of nitrogens with zero attached hydrogens (tertiary/aromatic N) is 4. The van der Waals surface area contributed by atoms with E-state index >= 15 is 0 Å². The van der Waals surface area contributed by atoms with Gasteiger partial charge in [-0.25, -0.2) is 4.79 Å². The molecule has 2 unspecified atom stereocenters. The summed E-state index contributed by atoms with van der Waals surface area (Å²) in [5, 5.41) is 48.0. The Hall–Kier alpha value is -4.96. The van der Waals surface area contributed by atoms with Gasteiger partial charge in [-0.1, -0.05) is 0 Å². The molecule has 0 bridgehead atoms. The van der Waals surface area contributed by atoms with Crippen LogP contribution < -0.4 is 16.0 Å². The van der Waals surface area contributed by atoms with Crippen molar-refractivity contribution in [1.82, 2.24) is 14.7 Å². The molecule has 1 fully saturated rings. The molecule has 0 aromatic heterocycles. The van der Waals surface area contributed by atoms with E-state index in [0.29, 0.717) is 16.2 Å². The number of Topliss-reactive ketones (excluding diaryl/α,β-unsaturated/α-hetero) is 2. The highest BCUT2D eigenvalue weighted by Gasteiger charge is 2.63. The average molecular weight is 641 g/mol. The number of amides is 5. The summed E-state index contributed by atoms with van der Waals surface area (Å²) in [5.74, 6) is -9.90. The van der Waals surface area contributed by atoms with Crippen LogP contribution in [0.15, 0.2) is 28.7 Å². The van der Waals surface area contributed by atoms with Gasteiger partial charge in [-0.3, -0.25) is 33.8 Å². The minimum Gasteiger partial charge on any atom is -0.510 e. The van der Waals surface area contributed by atoms with E-state index in [4.69, 9.17) is 5.73 Å². The standard InChI is InChI=1S/C30H36N6O10/c1-6-35-7-8-36(28(44)27(35)43)29(45)32-15-11-16(33(2)3)13-9-12-10-14-20(34(4)5)23(39)19(26(31)42)25(41)30(14,46)24(40)17(12)22(38)18(13)21(15)37/h11-12,14,20,37,39-40,46H,6-10H2,1-5H3,(H2,31,42)(H,32,45)/t12?,14?,20-,30-/m0/s1. The largest absolute Gasteiger partial charge is 0.510 e. The number of rotatable bonds is 5. The molecule has 46 heavy (non-hydrogen) atoms. The number of hydrogen-bond donors (Lipinski definition) is 6. The summed E-state index contributed by atoms with van der Waals surface area (Å²) in [6.45, 7) is 1.98. The quantitative estimate of drug-likeness (QED) is 0.135. The van der Waals surface area contributed by atoms with Crippen molar-refractivity contribution >= 4 is 46.7 Å². The second-order valence-electron chi connectivity index (χ2n) is 12.3. The molecule has 16 nitrogen and oxygen atoms in total. The summed E-state index contributed by atoms with van der Waals surface area (Å²) in [4.78, 5) is 83.0. The third-order valence-corrected chi connectivity index (χ3v) is 9.36. The Kier molecular flexibility index (Phi) is 7.85. The Balaban J connectivity index is 1.61. The maximum Gasteiger partial charge on any atom is 0.329 e. The van der Waals surface area contributed by atoms with Crippen molar-refractivity contribution in [2.24, 2.45) is 17.6 Å². The van der Waals surface area contributed by atoms with Crippen LogP contribution in [-0.4, -0.2) is 130 Å². The van der Waals surface area contributed by atoms with E-state index in [2.05, 4.69) is 5.32 Å². The lowest BCUT2D eigenvalue weighted by Crippen LogP contribution is -2.63. The van der Waals surface area contributed by atoms with Crippen molar-refractivity contribution in [1.29, 1.82) is 0 Å². The van der Waals surface area contributed by atoms with Gasteiger partial charge in [-0.15, -0.1) is 0 Å². The van der Waals surface area contributed by atoms with Gasteiger partial charge in [0.05, 0.1) is 17.3 Å². The Morgan fingerprint density at radius 1 is 1.07 bits per heavy atom. The summed E-state index contributed by atoms with van der Waals surface area (Å²) >= 11 is 0. The Bertz CT molecular complexity index is 1680.